The molecule has 176 valence electrons. The zero-order valence-corrected chi connectivity index (χ0v) is 19.7. The summed E-state index contributed by atoms with van der Waals surface area (Å²) in [5.41, 5.74) is -1.97. The monoisotopic (exact) mass is 486 g/mol. The van der Waals surface area contributed by atoms with Crippen LogP contribution in [0.25, 0.3) is 0 Å². The van der Waals surface area contributed by atoms with E-state index in [0.29, 0.717) is 32.1 Å². The largest absolute Gasteiger partial charge is 0.505 e. The fourth-order valence-corrected chi connectivity index (χ4v) is 6.44. The molecule has 3 atom stereocenters. The second-order valence-corrected chi connectivity index (χ2v) is 10.5. The van der Waals surface area contributed by atoms with Crippen LogP contribution < -0.4 is 10.6 Å². The van der Waals surface area contributed by atoms with Crippen LogP contribution in [0.3, 0.4) is 0 Å². The van der Waals surface area contributed by atoms with Gasteiger partial charge in [-0.1, -0.05) is 35.4 Å². The van der Waals surface area contributed by atoms with Crippen molar-refractivity contribution in [3.05, 3.63) is 39.6 Å². The van der Waals surface area contributed by atoms with Gasteiger partial charge in [0.25, 0.3) is 0 Å². The molecule has 0 aromatic heterocycles. The molecule has 3 saturated carbocycles. The zero-order chi connectivity index (χ0) is 23.1. The highest BCUT2D eigenvalue weighted by Gasteiger charge is 2.59. The third-order valence-corrected chi connectivity index (χ3v) is 8.53. The fraction of sp³-hybridized carbons (Fsp3) is 0.625. The maximum absolute atomic E-state index is 15.2. The van der Waals surface area contributed by atoms with Crippen LogP contribution in [0.5, 0.6) is 5.75 Å². The van der Waals surface area contributed by atoms with Gasteiger partial charge >= 0.3 is 0 Å². The molecule has 1 unspecified atom stereocenters. The lowest BCUT2D eigenvalue weighted by molar-refractivity contribution is -0.126. The van der Waals surface area contributed by atoms with Crippen molar-refractivity contribution in [3.8, 4) is 5.75 Å². The highest BCUT2D eigenvalue weighted by atomic mass is 35.5. The highest BCUT2D eigenvalue weighted by molar-refractivity contribution is 6.42. The number of hydrogen-bond acceptors (Lipinski definition) is 3. The Hall–Kier alpha value is -1.37. The molecule has 4 nitrogen and oxygen atoms in total. The van der Waals surface area contributed by atoms with Gasteiger partial charge in [-0.05, 0) is 63.7 Å². The van der Waals surface area contributed by atoms with E-state index in [-0.39, 0.29) is 39.9 Å². The van der Waals surface area contributed by atoms with Gasteiger partial charge in [-0.2, -0.15) is 0 Å². The zero-order valence-electron chi connectivity index (χ0n) is 18.2. The number of benzene rings is 1. The summed E-state index contributed by atoms with van der Waals surface area (Å²) in [6, 6.07) is 0.452. The lowest BCUT2D eigenvalue weighted by Gasteiger charge is -2.38. The van der Waals surface area contributed by atoms with Crippen molar-refractivity contribution in [2.45, 2.75) is 76.0 Å². The number of aromatic hydroxyl groups is 1. The Morgan fingerprint density at radius 3 is 2.66 bits per heavy atom. The number of fused-ring (bicyclic) bond motifs is 2. The van der Waals surface area contributed by atoms with Crippen molar-refractivity contribution in [2.24, 2.45) is 11.3 Å². The molecule has 1 aromatic carbocycles. The van der Waals surface area contributed by atoms with Crippen molar-refractivity contribution in [2.75, 3.05) is 6.54 Å². The van der Waals surface area contributed by atoms with E-state index in [9.17, 15) is 9.90 Å². The van der Waals surface area contributed by atoms with Crippen molar-refractivity contribution in [1.29, 1.82) is 0 Å². The number of nitrogens with one attached hydrogen (secondary N) is 2. The van der Waals surface area contributed by atoms with Gasteiger partial charge in [0.05, 0.1) is 16.1 Å². The predicted octanol–water partition coefficient (Wildman–Crippen LogP) is 6.00. The van der Waals surface area contributed by atoms with Crippen molar-refractivity contribution < 1.29 is 18.7 Å². The topological polar surface area (TPSA) is 61.4 Å². The maximum atomic E-state index is 15.2. The Bertz CT molecular complexity index is 890. The standard InChI is InChI=1S/C24H30Cl2F2N2O2/c1-2-3-10-29-15-5-4-14(11-15)22(32)30-21(23-6-8-24(28,13-23)9-7-23)18-19(26)16(25)12-17(31)20(18)27/h2-3,12,14-15,21,29,31H,4-11,13H2,1H3,(H,30,32)/b3-2+/t14-,15?,21-,23?,24?/m1/s1. The van der Waals surface area contributed by atoms with Crippen LogP contribution in [-0.2, 0) is 4.79 Å². The molecular weight excluding hydrogens is 457 g/mol. The molecule has 3 N–H and O–H groups in total. The van der Waals surface area contributed by atoms with Crippen molar-refractivity contribution >= 4 is 29.1 Å². The van der Waals surface area contributed by atoms with Gasteiger partial charge in [-0.3, -0.25) is 4.79 Å². The van der Waals surface area contributed by atoms with Gasteiger partial charge in [0, 0.05) is 30.1 Å². The average molecular weight is 487 g/mol. The SMILES string of the molecule is C/C=C/CNC1CC[C@@H](C(=O)N[C@H](c2c(F)c(O)cc(Cl)c2Cl)C23CCC(F)(CC2)C3)C1. The van der Waals surface area contributed by atoms with Crippen LogP contribution in [0.2, 0.25) is 10.0 Å². The van der Waals surface area contributed by atoms with Crippen LogP contribution in [-0.4, -0.2) is 29.3 Å². The van der Waals surface area contributed by atoms with Crippen molar-refractivity contribution in [1.82, 2.24) is 10.6 Å². The predicted molar refractivity (Wildman–Crippen MR) is 122 cm³/mol. The lowest BCUT2D eigenvalue weighted by Crippen LogP contribution is -2.42. The summed E-state index contributed by atoms with van der Waals surface area (Å²) in [6.45, 7) is 2.71. The molecule has 0 radical (unpaired) electrons. The molecule has 0 saturated heterocycles. The summed E-state index contributed by atoms with van der Waals surface area (Å²) in [6.07, 6.45) is 8.35. The first-order chi connectivity index (χ1) is 15.2. The Kier molecular flexibility index (Phi) is 6.77. The number of hydrogen-bond donors (Lipinski definition) is 3. The molecule has 4 rings (SSSR count). The van der Waals surface area contributed by atoms with E-state index in [4.69, 9.17) is 23.2 Å². The van der Waals surface area contributed by atoms with Crippen LogP contribution in [0.15, 0.2) is 18.2 Å². The van der Waals surface area contributed by atoms with E-state index in [1.807, 2.05) is 19.1 Å². The Morgan fingerprint density at radius 1 is 1.31 bits per heavy atom. The van der Waals surface area contributed by atoms with Crippen molar-refractivity contribution in [3.63, 3.8) is 0 Å². The molecular formula is C24H30Cl2F2N2O2. The first-order valence-electron chi connectivity index (χ1n) is 11.4. The number of carbonyl (C=O) groups excluding carboxylic acids is 1. The first kappa shape index (κ1) is 23.8. The van der Waals surface area contributed by atoms with Crippen LogP contribution >= 0.6 is 23.2 Å². The molecule has 2 bridgehead atoms. The van der Waals surface area contributed by atoms with Gasteiger partial charge in [0.2, 0.25) is 5.91 Å². The number of phenolic OH excluding ortho intramolecular Hbond substituents is 1. The summed E-state index contributed by atoms with van der Waals surface area (Å²) in [5.74, 6) is -1.93. The minimum absolute atomic E-state index is 0.00725. The fourth-order valence-electron chi connectivity index (χ4n) is 5.98. The van der Waals surface area contributed by atoms with Crippen LogP contribution in [0.1, 0.15) is 69.9 Å². The van der Waals surface area contributed by atoms with E-state index in [1.165, 1.54) is 0 Å². The summed E-state index contributed by atoms with van der Waals surface area (Å²) >= 11 is 12.6. The lowest BCUT2D eigenvalue weighted by atomic mass is 9.74. The molecule has 1 amide bonds. The smallest absolute Gasteiger partial charge is 0.223 e. The molecule has 0 heterocycles. The summed E-state index contributed by atoms with van der Waals surface area (Å²) < 4.78 is 30.2. The van der Waals surface area contributed by atoms with Gasteiger partial charge in [0.1, 0.15) is 5.67 Å². The van der Waals surface area contributed by atoms with E-state index in [1.54, 1.807) is 0 Å². The Balaban J connectivity index is 1.60. The summed E-state index contributed by atoms with van der Waals surface area (Å²) in [7, 11) is 0. The molecule has 3 fully saturated rings. The van der Waals surface area contributed by atoms with Gasteiger partial charge in [-0.15, -0.1) is 0 Å². The number of rotatable bonds is 7. The quantitative estimate of drug-likeness (QED) is 0.327. The third-order valence-electron chi connectivity index (χ3n) is 7.73. The minimum Gasteiger partial charge on any atom is -0.505 e. The first-order valence-corrected chi connectivity index (χ1v) is 12.1. The molecule has 8 heteroatoms. The Morgan fingerprint density at radius 2 is 2.03 bits per heavy atom. The highest BCUT2D eigenvalue weighted by Crippen LogP contribution is 2.64. The molecule has 32 heavy (non-hydrogen) atoms. The molecule has 0 aliphatic heterocycles. The number of amides is 1. The van der Waals surface area contributed by atoms with Crippen LogP contribution in [0.4, 0.5) is 8.78 Å². The van der Waals surface area contributed by atoms with E-state index >= 15 is 8.78 Å². The second kappa shape index (κ2) is 9.11. The molecule has 1 aromatic rings. The van der Waals surface area contributed by atoms with Gasteiger partial charge in [0.15, 0.2) is 11.6 Å². The normalized spacial score (nSPS) is 32.7. The number of carbonyl (C=O) groups is 1. The van der Waals surface area contributed by atoms with Gasteiger partial charge in [-0.25, -0.2) is 8.78 Å². The van der Waals surface area contributed by atoms with Crippen LogP contribution in [0, 0.1) is 17.2 Å². The molecule has 3 aliphatic rings. The molecule has 3 aliphatic carbocycles. The average Bonchev–Trinajstić information content (AvgIpc) is 3.45. The molecule has 0 spiro atoms. The summed E-state index contributed by atoms with van der Waals surface area (Å²) in [4.78, 5) is 13.3. The van der Waals surface area contributed by atoms with E-state index < -0.39 is 28.7 Å². The number of allylic oxidation sites excluding steroid dienone is 1. The van der Waals surface area contributed by atoms with Gasteiger partial charge < -0.3 is 15.7 Å². The number of alkyl halides is 1. The maximum Gasteiger partial charge on any atom is 0.223 e. The van der Waals surface area contributed by atoms with E-state index in [0.717, 1.165) is 25.5 Å². The number of phenols is 1. The minimum atomic E-state index is -1.29. The summed E-state index contributed by atoms with van der Waals surface area (Å²) in [5, 5.41) is 16.5. The van der Waals surface area contributed by atoms with E-state index in [2.05, 4.69) is 10.6 Å². The number of halogens is 4. The Labute approximate surface area is 197 Å². The second-order valence-electron chi connectivity index (χ2n) is 9.73. The third kappa shape index (κ3) is 4.38.